The average molecular weight is 275 g/mol. The summed E-state index contributed by atoms with van der Waals surface area (Å²) in [6.45, 7) is 0. The summed E-state index contributed by atoms with van der Waals surface area (Å²) in [5.74, 6) is -0.468. The summed E-state index contributed by atoms with van der Waals surface area (Å²) in [6.07, 6.45) is 5.31. The Bertz CT molecular complexity index is 454. The number of carbonyl (C=O) groups excluding carboxylic acids is 1. The van der Waals surface area contributed by atoms with Gasteiger partial charge >= 0.3 is 5.97 Å². The van der Waals surface area contributed by atoms with E-state index < -0.39 is 12.0 Å². The molecule has 1 atom stereocenters. The van der Waals surface area contributed by atoms with Gasteiger partial charge in [0.05, 0.1) is 0 Å². The SMILES string of the molecule is O=C(CCC1CCC1)N[C@@H](Cc1ccccc1)C(=O)O. The highest BCUT2D eigenvalue weighted by atomic mass is 16.4. The van der Waals surface area contributed by atoms with Crippen molar-refractivity contribution in [3.63, 3.8) is 0 Å². The minimum absolute atomic E-state index is 0.153. The summed E-state index contributed by atoms with van der Waals surface area (Å²) >= 11 is 0. The van der Waals surface area contributed by atoms with Gasteiger partial charge < -0.3 is 10.4 Å². The molecule has 1 amide bonds. The number of amides is 1. The van der Waals surface area contributed by atoms with Gasteiger partial charge in [0.15, 0.2) is 0 Å². The molecule has 20 heavy (non-hydrogen) atoms. The van der Waals surface area contributed by atoms with E-state index in [4.69, 9.17) is 0 Å². The van der Waals surface area contributed by atoms with Crippen LogP contribution in [0.3, 0.4) is 0 Å². The van der Waals surface area contributed by atoms with Crippen molar-refractivity contribution in [3.8, 4) is 0 Å². The Kier molecular flexibility index (Phi) is 5.16. The highest BCUT2D eigenvalue weighted by Crippen LogP contribution is 2.30. The molecule has 2 rings (SSSR count). The maximum Gasteiger partial charge on any atom is 0.326 e. The molecule has 1 fully saturated rings. The van der Waals surface area contributed by atoms with Crippen molar-refractivity contribution in [1.82, 2.24) is 5.32 Å². The first-order chi connectivity index (χ1) is 9.65. The summed E-state index contributed by atoms with van der Waals surface area (Å²) in [5.41, 5.74) is 0.916. The molecule has 108 valence electrons. The first-order valence-corrected chi connectivity index (χ1v) is 7.21. The first kappa shape index (κ1) is 14.6. The zero-order chi connectivity index (χ0) is 14.4. The molecule has 2 N–H and O–H groups in total. The number of hydrogen-bond acceptors (Lipinski definition) is 2. The van der Waals surface area contributed by atoms with Gasteiger partial charge in [0.25, 0.3) is 0 Å². The molecule has 0 heterocycles. The van der Waals surface area contributed by atoms with Crippen LogP contribution >= 0.6 is 0 Å². The van der Waals surface area contributed by atoms with Gasteiger partial charge in [0, 0.05) is 12.8 Å². The van der Waals surface area contributed by atoms with Crippen LogP contribution in [0.15, 0.2) is 30.3 Å². The van der Waals surface area contributed by atoms with Crippen LogP contribution in [-0.4, -0.2) is 23.0 Å². The fraction of sp³-hybridized carbons (Fsp3) is 0.500. The number of carboxylic acid groups (broad SMARTS) is 1. The molecular weight excluding hydrogens is 254 g/mol. The van der Waals surface area contributed by atoms with Crippen LogP contribution in [0, 0.1) is 5.92 Å². The second-order valence-electron chi connectivity index (χ2n) is 5.48. The average Bonchev–Trinajstić information content (AvgIpc) is 2.37. The predicted octanol–water partition coefficient (Wildman–Crippen LogP) is 2.38. The van der Waals surface area contributed by atoms with Gasteiger partial charge in [-0.3, -0.25) is 4.79 Å². The standard InChI is InChI=1S/C16H21NO3/c18-15(10-9-12-7-4-8-12)17-14(16(19)20)11-13-5-2-1-3-6-13/h1-3,5-6,12,14H,4,7-11H2,(H,17,18)(H,19,20)/t14-/m0/s1. The van der Waals surface area contributed by atoms with Crippen molar-refractivity contribution in [2.45, 2.75) is 44.6 Å². The second-order valence-corrected chi connectivity index (χ2v) is 5.48. The molecule has 0 spiro atoms. The highest BCUT2D eigenvalue weighted by Gasteiger charge is 2.22. The molecule has 4 heteroatoms. The summed E-state index contributed by atoms with van der Waals surface area (Å²) in [6, 6.07) is 8.52. The quantitative estimate of drug-likeness (QED) is 0.803. The van der Waals surface area contributed by atoms with Crippen molar-refractivity contribution < 1.29 is 14.7 Å². The molecular formula is C16H21NO3. The number of hydrogen-bond donors (Lipinski definition) is 2. The van der Waals surface area contributed by atoms with Crippen molar-refractivity contribution in [2.24, 2.45) is 5.92 Å². The number of rotatable bonds is 7. The van der Waals surface area contributed by atoms with Gasteiger partial charge in [-0.05, 0) is 17.9 Å². The number of aliphatic carboxylic acids is 1. The molecule has 0 unspecified atom stereocenters. The molecule has 4 nitrogen and oxygen atoms in total. The van der Waals surface area contributed by atoms with Gasteiger partial charge in [-0.1, -0.05) is 49.6 Å². The molecule has 1 aromatic rings. The zero-order valence-electron chi connectivity index (χ0n) is 11.5. The Morgan fingerprint density at radius 2 is 1.95 bits per heavy atom. The third-order valence-electron chi connectivity index (χ3n) is 3.92. The summed E-state index contributed by atoms with van der Waals surface area (Å²) in [4.78, 5) is 23.0. The maximum atomic E-state index is 11.8. The van der Waals surface area contributed by atoms with E-state index in [2.05, 4.69) is 5.32 Å². The van der Waals surface area contributed by atoms with Crippen LogP contribution in [0.5, 0.6) is 0 Å². The van der Waals surface area contributed by atoms with Crippen LogP contribution in [0.2, 0.25) is 0 Å². The van der Waals surface area contributed by atoms with Crippen molar-refractivity contribution in [3.05, 3.63) is 35.9 Å². The van der Waals surface area contributed by atoms with Gasteiger partial charge in [0.1, 0.15) is 6.04 Å². The Hall–Kier alpha value is -1.84. The number of carboxylic acids is 1. The Morgan fingerprint density at radius 3 is 2.50 bits per heavy atom. The lowest BCUT2D eigenvalue weighted by Gasteiger charge is -2.25. The lowest BCUT2D eigenvalue weighted by molar-refractivity contribution is -0.141. The fourth-order valence-corrected chi connectivity index (χ4v) is 2.43. The van der Waals surface area contributed by atoms with Gasteiger partial charge in [-0.2, -0.15) is 0 Å². The summed E-state index contributed by atoms with van der Waals surface area (Å²) in [7, 11) is 0. The van der Waals surface area contributed by atoms with Gasteiger partial charge in [-0.15, -0.1) is 0 Å². The van der Waals surface area contributed by atoms with E-state index in [1.807, 2.05) is 30.3 Å². The van der Waals surface area contributed by atoms with E-state index in [9.17, 15) is 14.7 Å². The summed E-state index contributed by atoms with van der Waals surface area (Å²) < 4.78 is 0. The maximum absolute atomic E-state index is 11.8. The highest BCUT2D eigenvalue weighted by molar-refractivity contribution is 5.83. The molecule has 1 saturated carbocycles. The predicted molar refractivity (Wildman–Crippen MR) is 76.3 cm³/mol. The fourth-order valence-electron chi connectivity index (χ4n) is 2.43. The molecule has 0 saturated heterocycles. The topological polar surface area (TPSA) is 66.4 Å². The van der Waals surface area contributed by atoms with Crippen LogP contribution < -0.4 is 5.32 Å². The van der Waals surface area contributed by atoms with Crippen LogP contribution in [0.4, 0.5) is 0 Å². The van der Waals surface area contributed by atoms with E-state index in [0.717, 1.165) is 12.0 Å². The molecule has 1 aliphatic rings. The number of benzene rings is 1. The van der Waals surface area contributed by atoms with Crippen LogP contribution in [-0.2, 0) is 16.0 Å². The van der Waals surface area contributed by atoms with E-state index in [0.29, 0.717) is 18.8 Å². The smallest absolute Gasteiger partial charge is 0.326 e. The van der Waals surface area contributed by atoms with Gasteiger partial charge in [0.2, 0.25) is 5.91 Å². The Morgan fingerprint density at radius 1 is 1.25 bits per heavy atom. The lowest BCUT2D eigenvalue weighted by Crippen LogP contribution is -2.42. The van der Waals surface area contributed by atoms with Crippen LogP contribution in [0.1, 0.15) is 37.7 Å². The van der Waals surface area contributed by atoms with E-state index in [1.54, 1.807) is 0 Å². The minimum atomic E-state index is -0.981. The minimum Gasteiger partial charge on any atom is -0.480 e. The normalized spacial score (nSPS) is 16.2. The molecule has 0 radical (unpaired) electrons. The van der Waals surface area contributed by atoms with E-state index >= 15 is 0 Å². The molecule has 1 aromatic carbocycles. The molecule has 0 aromatic heterocycles. The largest absolute Gasteiger partial charge is 0.480 e. The van der Waals surface area contributed by atoms with E-state index in [-0.39, 0.29) is 5.91 Å². The Balaban J connectivity index is 1.81. The van der Waals surface area contributed by atoms with E-state index in [1.165, 1.54) is 19.3 Å². The van der Waals surface area contributed by atoms with Crippen molar-refractivity contribution in [2.75, 3.05) is 0 Å². The van der Waals surface area contributed by atoms with Crippen LogP contribution in [0.25, 0.3) is 0 Å². The molecule has 1 aliphatic carbocycles. The Labute approximate surface area is 119 Å². The summed E-state index contributed by atoms with van der Waals surface area (Å²) in [5, 5.41) is 11.8. The van der Waals surface area contributed by atoms with Crippen molar-refractivity contribution in [1.29, 1.82) is 0 Å². The molecule has 0 bridgehead atoms. The third kappa shape index (κ3) is 4.37. The monoisotopic (exact) mass is 275 g/mol. The zero-order valence-corrected chi connectivity index (χ0v) is 11.5. The molecule has 0 aliphatic heterocycles. The second kappa shape index (κ2) is 7.08. The third-order valence-corrected chi connectivity index (χ3v) is 3.92. The lowest BCUT2D eigenvalue weighted by atomic mass is 9.82. The first-order valence-electron chi connectivity index (χ1n) is 7.21. The van der Waals surface area contributed by atoms with Gasteiger partial charge in [-0.25, -0.2) is 4.79 Å². The number of nitrogens with one attached hydrogen (secondary N) is 1. The number of carbonyl (C=O) groups is 2. The van der Waals surface area contributed by atoms with Crippen molar-refractivity contribution >= 4 is 11.9 Å².